The molecule has 0 saturated heterocycles. The summed E-state index contributed by atoms with van der Waals surface area (Å²) >= 11 is 0. The molecule has 27 heavy (non-hydrogen) atoms. The summed E-state index contributed by atoms with van der Waals surface area (Å²) in [5.74, 6) is -1.74. The third kappa shape index (κ3) is 3.41. The molecule has 1 atom stereocenters. The van der Waals surface area contributed by atoms with E-state index < -0.39 is 29.7 Å². The van der Waals surface area contributed by atoms with Crippen LogP contribution in [0.25, 0.3) is 0 Å². The Bertz CT molecular complexity index is 911. The third-order valence-corrected chi connectivity index (χ3v) is 4.46. The van der Waals surface area contributed by atoms with E-state index in [4.69, 9.17) is 10.5 Å². The van der Waals surface area contributed by atoms with Crippen molar-refractivity contribution in [3.8, 4) is 0 Å². The predicted molar refractivity (Wildman–Crippen MR) is 99.1 cm³/mol. The largest absolute Gasteiger partial charge is 0.465 e. The number of Topliss-reactive ketones (excluding diaryl/α,β-unsaturated/α-hetero) is 1. The summed E-state index contributed by atoms with van der Waals surface area (Å²) in [6.07, 6.45) is -0.453. The van der Waals surface area contributed by atoms with E-state index in [1.807, 2.05) is 0 Å². The van der Waals surface area contributed by atoms with Gasteiger partial charge in [0, 0.05) is 16.8 Å². The predicted octanol–water partition coefficient (Wildman–Crippen LogP) is 1.64. The van der Waals surface area contributed by atoms with Crippen LogP contribution in [0.3, 0.4) is 0 Å². The molecule has 3 N–H and O–H groups in total. The molecular formula is C20H20N2O5. The maximum Gasteiger partial charge on any atom is 0.326 e. The highest BCUT2D eigenvalue weighted by Crippen LogP contribution is 2.42. The molecule has 0 aromatic heterocycles. The summed E-state index contributed by atoms with van der Waals surface area (Å²) in [7, 11) is 0. The second-order valence-electron chi connectivity index (χ2n) is 6.30. The lowest BCUT2D eigenvalue weighted by atomic mass is 9.88. The Labute approximate surface area is 156 Å². The average molecular weight is 368 g/mol. The number of hydrogen-bond acceptors (Lipinski definition) is 6. The van der Waals surface area contributed by atoms with Gasteiger partial charge in [0.25, 0.3) is 5.91 Å². The van der Waals surface area contributed by atoms with Crippen molar-refractivity contribution < 1.29 is 24.2 Å². The van der Waals surface area contributed by atoms with Crippen LogP contribution in [0.4, 0.5) is 11.4 Å². The van der Waals surface area contributed by atoms with Crippen LogP contribution in [0.2, 0.25) is 0 Å². The molecule has 3 rings (SSSR count). The van der Waals surface area contributed by atoms with Crippen molar-refractivity contribution in [2.45, 2.75) is 18.9 Å². The minimum Gasteiger partial charge on any atom is -0.465 e. The van der Waals surface area contributed by atoms with Gasteiger partial charge in [-0.3, -0.25) is 19.3 Å². The molecular weight excluding hydrogens is 348 g/mol. The number of anilines is 2. The Kier molecular flexibility index (Phi) is 4.96. The maximum absolute atomic E-state index is 12.9. The van der Waals surface area contributed by atoms with Crippen molar-refractivity contribution in [2.24, 2.45) is 0 Å². The summed E-state index contributed by atoms with van der Waals surface area (Å²) in [5, 5.41) is 11.1. The molecule has 7 heteroatoms. The number of nitrogens with two attached hydrogens (primary N) is 1. The number of carbonyl (C=O) groups excluding carboxylic acids is 3. The van der Waals surface area contributed by atoms with Crippen molar-refractivity contribution in [1.82, 2.24) is 0 Å². The monoisotopic (exact) mass is 368 g/mol. The molecule has 7 nitrogen and oxygen atoms in total. The Hall–Kier alpha value is -3.19. The highest BCUT2D eigenvalue weighted by atomic mass is 16.5. The molecule has 1 aliphatic heterocycles. The number of esters is 1. The van der Waals surface area contributed by atoms with E-state index in [1.165, 1.54) is 6.07 Å². The van der Waals surface area contributed by atoms with Gasteiger partial charge in [-0.25, -0.2) is 0 Å². The molecule has 2 aromatic carbocycles. The summed E-state index contributed by atoms with van der Waals surface area (Å²) < 4.78 is 4.90. The number of para-hydroxylation sites is 1. The number of rotatable bonds is 6. The minimum absolute atomic E-state index is 0.181. The lowest BCUT2D eigenvalue weighted by Crippen LogP contribution is -2.44. The lowest BCUT2D eigenvalue weighted by Gasteiger charge is -2.22. The lowest BCUT2D eigenvalue weighted by molar-refractivity contribution is -0.144. The van der Waals surface area contributed by atoms with Crippen LogP contribution in [0.1, 0.15) is 29.3 Å². The van der Waals surface area contributed by atoms with Crippen LogP contribution in [0, 0.1) is 0 Å². The first-order chi connectivity index (χ1) is 12.9. The molecule has 1 heterocycles. The van der Waals surface area contributed by atoms with Crippen LogP contribution in [-0.4, -0.2) is 35.9 Å². The molecule has 0 bridgehead atoms. The molecule has 0 saturated carbocycles. The van der Waals surface area contributed by atoms with Gasteiger partial charge in [0.05, 0.1) is 18.7 Å². The highest BCUT2D eigenvalue weighted by Gasteiger charge is 2.51. The topological polar surface area (TPSA) is 110 Å². The quantitative estimate of drug-likeness (QED) is 0.456. The molecule has 1 aliphatic rings. The van der Waals surface area contributed by atoms with Crippen LogP contribution in [-0.2, 0) is 19.9 Å². The van der Waals surface area contributed by atoms with Gasteiger partial charge >= 0.3 is 5.97 Å². The number of nitrogen functional groups attached to an aromatic ring is 1. The first-order valence-electron chi connectivity index (χ1n) is 8.55. The number of ketones is 1. The second kappa shape index (κ2) is 7.20. The van der Waals surface area contributed by atoms with Crippen LogP contribution in [0.5, 0.6) is 0 Å². The van der Waals surface area contributed by atoms with Crippen molar-refractivity contribution in [2.75, 3.05) is 23.8 Å². The fourth-order valence-electron chi connectivity index (χ4n) is 3.22. The molecule has 1 amide bonds. The highest BCUT2D eigenvalue weighted by molar-refractivity contribution is 6.12. The number of carbonyl (C=O) groups is 3. The van der Waals surface area contributed by atoms with Gasteiger partial charge in [0.15, 0.2) is 11.4 Å². The summed E-state index contributed by atoms with van der Waals surface area (Å²) in [4.78, 5) is 38.6. The Balaban J connectivity index is 1.93. The molecule has 0 radical (unpaired) electrons. The van der Waals surface area contributed by atoms with Crippen molar-refractivity contribution in [3.63, 3.8) is 0 Å². The second-order valence-corrected chi connectivity index (χ2v) is 6.30. The summed E-state index contributed by atoms with van der Waals surface area (Å²) in [5.41, 5.74) is 5.05. The van der Waals surface area contributed by atoms with E-state index >= 15 is 0 Å². The first-order valence-corrected chi connectivity index (χ1v) is 8.55. The molecule has 0 fully saturated rings. The van der Waals surface area contributed by atoms with Crippen LogP contribution < -0.4 is 10.6 Å². The molecule has 2 aromatic rings. The Morgan fingerprint density at radius 3 is 2.63 bits per heavy atom. The van der Waals surface area contributed by atoms with E-state index in [2.05, 4.69) is 0 Å². The number of hydrogen-bond donors (Lipinski definition) is 2. The van der Waals surface area contributed by atoms with Crippen LogP contribution in [0.15, 0.2) is 48.5 Å². The van der Waals surface area contributed by atoms with Gasteiger partial charge < -0.3 is 15.6 Å². The number of aliphatic hydroxyl groups is 1. The van der Waals surface area contributed by atoms with E-state index in [9.17, 15) is 19.5 Å². The van der Waals surface area contributed by atoms with Gasteiger partial charge in [-0.05, 0) is 25.1 Å². The average Bonchev–Trinajstić information content (AvgIpc) is 2.84. The smallest absolute Gasteiger partial charge is 0.326 e. The Morgan fingerprint density at radius 2 is 1.93 bits per heavy atom. The van der Waals surface area contributed by atoms with Gasteiger partial charge in [-0.1, -0.05) is 30.3 Å². The summed E-state index contributed by atoms with van der Waals surface area (Å²) in [6, 6.07) is 12.9. The van der Waals surface area contributed by atoms with Crippen LogP contribution >= 0.6 is 0 Å². The molecule has 0 unspecified atom stereocenters. The van der Waals surface area contributed by atoms with Gasteiger partial charge in [-0.15, -0.1) is 0 Å². The minimum atomic E-state index is -2.05. The fourth-order valence-corrected chi connectivity index (χ4v) is 3.22. The van der Waals surface area contributed by atoms with Gasteiger partial charge in [0.1, 0.15) is 6.54 Å². The third-order valence-electron chi connectivity index (χ3n) is 4.46. The molecule has 140 valence electrons. The van der Waals surface area contributed by atoms with Crippen molar-refractivity contribution in [3.05, 3.63) is 59.7 Å². The summed E-state index contributed by atoms with van der Waals surface area (Å²) in [6.45, 7) is 1.51. The van der Waals surface area contributed by atoms with Gasteiger partial charge in [-0.2, -0.15) is 0 Å². The SMILES string of the molecule is CCOC(=O)CN1C(=O)[C@](O)(CC(=O)c2cccc(N)c2)c2ccccc21. The number of fused-ring (bicyclic) bond motifs is 1. The molecule has 0 aliphatic carbocycles. The van der Waals surface area contributed by atoms with Crippen molar-refractivity contribution in [1.29, 1.82) is 0 Å². The number of nitrogens with zero attached hydrogens (tertiary/aromatic N) is 1. The molecule has 0 spiro atoms. The van der Waals surface area contributed by atoms with E-state index in [1.54, 1.807) is 49.4 Å². The van der Waals surface area contributed by atoms with E-state index in [-0.39, 0.29) is 18.7 Å². The zero-order valence-corrected chi connectivity index (χ0v) is 14.8. The normalized spacial score (nSPS) is 18.3. The van der Waals surface area contributed by atoms with Gasteiger partial charge in [0.2, 0.25) is 0 Å². The number of ether oxygens (including phenoxy) is 1. The Morgan fingerprint density at radius 1 is 1.19 bits per heavy atom. The first kappa shape index (κ1) is 18.6. The number of amides is 1. The zero-order chi connectivity index (χ0) is 19.6. The van der Waals surface area contributed by atoms with Crippen molar-refractivity contribution >= 4 is 29.0 Å². The van der Waals surface area contributed by atoms with E-state index in [0.717, 1.165) is 4.90 Å². The zero-order valence-electron chi connectivity index (χ0n) is 14.8. The number of benzene rings is 2. The fraction of sp³-hybridized carbons (Fsp3) is 0.250. The van der Waals surface area contributed by atoms with E-state index in [0.29, 0.717) is 16.9 Å². The maximum atomic E-state index is 12.9. The standard InChI is InChI=1S/C20H20N2O5/c1-2-27-18(24)12-22-16-9-4-3-8-15(16)20(26,19(22)25)11-17(23)13-6-5-7-14(21)10-13/h3-10,26H,2,11-12,21H2,1H3/t20-/m0/s1.